The molecule has 1 saturated heterocycles. The number of hydrogen-bond acceptors (Lipinski definition) is 5. The lowest BCUT2D eigenvalue weighted by atomic mass is 10.2. The van der Waals surface area contributed by atoms with Crippen molar-refractivity contribution in [3.8, 4) is 0 Å². The van der Waals surface area contributed by atoms with E-state index in [9.17, 15) is 15.0 Å². The van der Waals surface area contributed by atoms with Crippen LogP contribution in [0.1, 0.15) is 16.8 Å². The fraction of sp³-hybridized carbons (Fsp3) is 0.538. The van der Waals surface area contributed by atoms with Crippen molar-refractivity contribution in [1.82, 2.24) is 9.88 Å². The van der Waals surface area contributed by atoms with Crippen LogP contribution in [0.4, 0.5) is 5.82 Å². The standard InChI is InChI=1S/C13H18ClN3O3/c1-16(2)6-8-5-9(18)7-17(8)12-10(13(19)20)3-4-11(14)15-12/h3-4,8-9,18H,5-7H2,1-2H3,(H,19,20). The third kappa shape index (κ3) is 3.20. The van der Waals surface area contributed by atoms with Crippen molar-refractivity contribution in [3.63, 3.8) is 0 Å². The number of aliphatic hydroxyl groups excluding tert-OH is 1. The quantitative estimate of drug-likeness (QED) is 0.806. The first-order valence-corrected chi connectivity index (χ1v) is 6.75. The van der Waals surface area contributed by atoms with Gasteiger partial charge in [-0.1, -0.05) is 11.6 Å². The van der Waals surface area contributed by atoms with Gasteiger partial charge in [0.2, 0.25) is 0 Å². The van der Waals surface area contributed by atoms with Gasteiger partial charge in [-0.2, -0.15) is 0 Å². The molecular weight excluding hydrogens is 282 g/mol. The van der Waals surface area contributed by atoms with Gasteiger partial charge in [0, 0.05) is 19.1 Å². The lowest BCUT2D eigenvalue weighted by Gasteiger charge is -2.28. The van der Waals surface area contributed by atoms with Crippen LogP contribution >= 0.6 is 11.6 Å². The van der Waals surface area contributed by atoms with E-state index in [0.717, 1.165) is 0 Å². The molecule has 1 fully saturated rings. The van der Waals surface area contributed by atoms with Gasteiger partial charge in [0.25, 0.3) is 0 Å². The molecule has 2 atom stereocenters. The molecule has 0 aromatic carbocycles. The molecule has 0 amide bonds. The topological polar surface area (TPSA) is 76.9 Å². The van der Waals surface area contributed by atoms with E-state index >= 15 is 0 Å². The minimum atomic E-state index is -1.05. The molecule has 1 aromatic heterocycles. The number of rotatable bonds is 4. The van der Waals surface area contributed by atoms with Crippen LogP contribution in [-0.2, 0) is 0 Å². The molecule has 2 N–H and O–H groups in total. The highest BCUT2D eigenvalue weighted by molar-refractivity contribution is 6.29. The number of hydrogen-bond donors (Lipinski definition) is 2. The van der Waals surface area contributed by atoms with Crippen LogP contribution in [0.2, 0.25) is 5.15 Å². The third-order valence-electron chi connectivity index (χ3n) is 3.31. The van der Waals surface area contributed by atoms with Gasteiger partial charge in [-0.3, -0.25) is 0 Å². The average Bonchev–Trinajstić information content (AvgIpc) is 2.68. The van der Waals surface area contributed by atoms with Gasteiger partial charge in [0.1, 0.15) is 16.5 Å². The lowest BCUT2D eigenvalue weighted by Crippen LogP contribution is -2.38. The highest BCUT2D eigenvalue weighted by Crippen LogP contribution is 2.29. The molecule has 6 nitrogen and oxygen atoms in total. The highest BCUT2D eigenvalue weighted by Gasteiger charge is 2.34. The molecule has 1 aliphatic rings. The van der Waals surface area contributed by atoms with Crippen LogP contribution in [0.5, 0.6) is 0 Å². The number of pyridine rings is 1. The number of aliphatic hydroxyl groups is 1. The number of nitrogens with zero attached hydrogens (tertiary/aromatic N) is 3. The first-order valence-electron chi connectivity index (χ1n) is 6.37. The fourth-order valence-corrected chi connectivity index (χ4v) is 2.70. The summed E-state index contributed by atoms with van der Waals surface area (Å²) in [6, 6.07) is 2.93. The summed E-state index contributed by atoms with van der Waals surface area (Å²) in [4.78, 5) is 19.3. The van der Waals surface area contributed by atoms with Crippen molar-refractivity contribution in [3.05, 3.63) is 22.8 Å². The molecule has 110 valence electrons. The monoisotopic (exact) mass is 299 g/mol. The summed E-state index contributed by atoms with van der Waals surface area (Å²) < 4.78 is 0. The van der Waals surface area contributed by atoms with E-state index in [2.05, 4.69) is 4.98 Å². The molecule has 0 aliphatic carbocycles. The number of carboxylic acids is 1. The second-order valence-electron chi connectivity index (χ2n) is 5.27. The maximum Gasteiger partial charge on any atom is 0.339 e. The summed E-state index contributed by atoms with van der Waals surface area (Å²) in [7, 11) is 3.87. The number of carboxylic acid groups (broad SMARTS) is 1. The molecule has 20 heavy (non-hydrogen) atoms. The van der Waals surface area contributed by atoms with Crippen LogP contribution in [0, 0.1) is 0 Å². The van der Waals surface area contributed by atoms with Crippen LogP contribution in [-0.4, -0.2) is 65.4 Å². The van der Waals surface area contributed by atoms with E-state index in [1.807, 2.05) is 23.9 Å². The summed E-state index contributed by atoms with van der Waals surface area (Å²) in [5.41, 5.74) is 0.104. The zero-order valence-corrected chi connectivity index (χ0v) is 12.2. The molecule has 1 aliphatic heterocycles. The van der Waals surface area contributed by atoms with Crippen LogP contribution in [0.15, 0.2) is 12.1 Å². The Hall–Kier alpha value is -1.37. The zero-order valence-electron chi connectivity index (χ0n) is 11.5. The summed E-state index contributed by atoms with van der Waals surface area (Å²) >= 11 is 5.89. The van der Waals surface area contributed by atoms with Crippen LogP contribution in [0.25, 0.3) is 0 Å². The molecular formula is C13H18ClN3O3. The smallest absolute Gasteiger partial charge is 0.339 e. The summed E-state index contributed by atoms with van der Waals surface area (Å²) in [5.74, 6) is -0.720. The lowest BCUT2D eigenvalue weighted by molar-refractivity contribution is 0.0697. The van der Waals surface area contributed by atoms with Crippen molar-refractivity contribution in [2.45, 2.75) is 18.6 Å². The number of aromatic carboxylic acids is 1. The van der Waals surface area contributed by atoms with Gasteiger partial charge >= 0.3 is 5.97 Å². The molecule has 0 saturated carbocycles. The number of carbonyl (C=O) groups is 1. The van der Waals surface area contributed by atoms with Gasteiger partial charge in [0.15, 0.2) is 0 Å². The first kappa shape index (κ1) is 15.0. The maximum absolute atomic E-state index is 11.3. The summed E-state index contributed by atoms with van der Waals surface area (Å²) in [5, 5.41) is 19.4. The average molecular weight is 300 g/mol. The Bertz CT molecular complexity index is 510. The number of halogens is 1. The van der Waals surface area contributed by atoms with Crippen molar-refractivity contribution in [1.29, 1.82) is 0 Å². The molecule has 7 heteroatoms. The van der Waals surface area contributed by atoms with Crippen LogP contribution < -0.4 is 4.90 Å². The molecule has 2 unspecified atom stereocenters. The second-order valence-corrected chi connectivity index (χ2v) is 5.66. The first-order chi connectivity index (χ1) is 9.38. The van der Waals surface area contributed by atoms with Gasteiger partial charge in [-0.15, -0.1) is 0 Å². The number of likely N-dealkylation sites (N-methyl/N-ethyl adjacent to an activating group) is 1. The van der Waals surface area contributed by atoms with Crippen molar-refractivity contribution >= 4 is 23.4 Å². The summed E-state index contributed by atoms with van der Waals surface area (Å²) in [6.07, 6.45) is 0.105. The Balaban J connectivity index is 2.37. The molecule has 0 radical (unpaired) electrons. The van der Waals surface area contributed by atoms with Gasteiger partial charge in [0.05, 0.1) is 6.10 Å². The maximum atomic E-state index is 11.3. The molecule has 1 aromatic rings. The van der Waals surface area contributed by atoms with Gasteiger partial charge < -0.3 is 20.0 Å². The van der Waals surface area contributed by atoms with E-state index in [-0.39, 0.29) is 16.8 Å². The van der Waals surface area contributed by atoms with E-state index in [0.29, 0.717) is 25.3 Å². The van der Waals surface area contributed by atoms with E-state index in [1.54, 1.807) is 0 Å². The molecule has 2 heterocycles. The number of aromatic nitrogens is 1. The Morgan fingerprint density at radius 2 is 2.25 bits per heavy atom. The number of β-amino-alcohol motifs (C(OH)–C–C–N with tert-alkyl or cyclic N) is 1. The van der Waals surface area contributed by atoms with Gasteiger partial charge in [-0.25, -0.2) is 9.78 Å². The van der Waals surface area contributed by atoms with Gasteiger partial charge in [-0.05, 0) is 32.6 Å². The third-order valence-corrected chi connectivity index (χ3v) is 3.52. The summed E-state index contributed by atoms with van der Waals surface area (Å²) in [6.45, 7) is 1.08. The molecule has 0 bridgehead atoms. The highest BCUT2D eigenvalue weighted by atomic mass is 35.5. The largest absolute Gasteiger partial charge is 0.478 e. The Morgan fingerprint density at radius 1 is 1.55 bits per heavy atom. The SMILES string of the molecule is CN(C)CC1CC(O)CN1c1nc(Cl)ccc1C(=O)O. The predicted molar refractivity (Wildman–Crippen MR) is 76.5 cm³/mol. The van der Waals surface area contributed by atoms with Crippen molar-refractivity contribution in [2.24, 2.45) is 0 Å². The Kier molecular flexibility index (Phi) is 4.47. The second kappa shape index (κ2) is 5.95. The van der Waals surface area contributed by atoms with Crippen molar-refractivity contribution in [2.75, 3.05) is 32.1 Å². The fourth-order valence-electron chi connectivity index (χ4n) is 2.56. The van der Waals surface area contributed by atoms with Crippen molar-refractivity contribution < 1.29 is 15.0 Å². The normalized spacial score (nSPS) is 22.6. The molecule has 2 rings (SSSR count). The number of anilines is 1. The minimum absolute atomic E-state index is 0.0177. The predicted octanol–water partition coefficient (Wildman–Crippen LogP) is 0.934. The van der Waals surface area contributed by atoms with Crippen LogP contribution in [0.3, 0.4) is 0 Å². The zero-order chi connectivity index (χ0) is 14.9. The van der Waals surface area contributed by atoms with E-state index in [4.69, 9.17) is 11.6 Å². The minimum Gasteiger partial charge on any atom is -0.478 e. The van der Waals surface area contributed by atoms with E-state index in [1.165, 1.54) is 12.1 Å². The van der Waals surface area contributed by atoms with E-state index < -0.39 is 12.1 Å². The Morgan fingerprint density at radius 3 is 2.85 bits per heavy atom. The molecule has 0 spiro atoms. The Labute approximate surface area is 122 Å².